The van der Waals surface area contributed by atoms with E-state index >= 15 is 0 Å². The smallest absolute Gasteiger partial charge is 0.211 e. The molecule has 0 N–H and O–H groups in total. The van der Waals surface area contributed by atoms with Crippen LogP contribution in [0.15, 0.2) is 48.5 Å². The van der Waals surface area contributed by atoms with Crippen molar-refractivity contribution in [1.82, 2.24) is 0 Å². The molecule has 0 fully saturated rings. The third-order valence-corrected chi connectivity index (χ3v) is 5.73. The summed E-state index contributed by atoms with van der Waals surface area (Å²) in [5, 5.41) is 0. The van der Waals surface area contributed by atoms with Gasteiger partial charge in [0.15, 0.2) is 0 Å². The molecule has 0 aromatic heterocycles. The second-order valence-electron chi connectivity index (χ2n) is 6.52. The fraction of sp³-hybridized carbons (Fsp3) is 0.263. The predicted molar refractivity (Wildman–Crippen MR) is 99.4 cm³/mol. The molecule has 2 aromatic carbocycles. The number of anilines is 1. The number of fused-ring (bicyclic) bond motifs is 2. The Bertz CT molecular complexity index is 796. The molecular weight excluding hydrogens is 385 g/mol. The van der Waals surface area contributed by atoms with E-state index < -0.39 is 5.72 Å². The Balaban J connectivity index is 1.89. The first-order chi connectivity index (χ1) is 10.5. The highest BCUT2D eigenvalue weighted by atomic mass is 127. The minimum atomic E-state index is -0.476. The van der Waals surface area contributed by atoms with Crippen LogP contribution >= 0.6 is 22.6 Å². The summed E-state index contributed by atoms with van der Waals surface area (Å²) in [4.78, 5) is 2.26. The standard InChI is InChI=1S/C19H18INO/c1-18(2)15-6-4-5-7-16(15)21(3)19(18)11-10-13-12-14(20)8-9-17(13)22-19/h4-12H,1-3H3. The minimum absolute atomic E-state index is 0.129. The van der Waals surface area contributed by atoms with E-state index in [1.807, 2.05) is 0 Å². The molecule has 2 aliphatic rings. The first-order valence-corrected chi connectivity index (χ1v) is 8.55. The molecule has 0 radical (unpaired) electrons. The molecule has 4 rings (SSSR count). The van der Waals surface area contributed by atoms with E-state index in [1.165, 1.54) is 14.8 Å². The van der Waals surface area contributed by atoms with Gasteiger partial charge in [0, 0.05) is 21.9 Å². The highest BCUT2D eigenvalue weighted by molar-refractivity contribution is 14.1. The summed E-state index contributed by atoms with van der Waals surface area (Å²) in [6.07, 6.45) is 4.41. The second-order valence-corrected chi connectivity index (χ2v) is 7.76. The Morgan fingerprint density at radius 1 is 1.09 bits per heavy atom. The highest BCUT2D eigenvalue weighted by Crippen LogP contribution is 2.54. The molecule has 0 aliphatic carbocycles. The van der Waals surface area contributed by atoms with Crippen molar-refractivity contribution in [2.24, 2.45) is 0 Å². The first-order valence-electron chi connectivity index (χ1n) is 7.47. The number of halogens is 1. The summed E-state index contributed by atoms with van der Waals surface area (Å²) in [5.74, 6) is 0.954. The molecule has 2 heterocycles. The van der Waals surface area contributed by atoms with Gasteiger partial charge < -0.3 is 9.64 Å². The number of ether oxygens (including phenoxy) is 1. The summed E-state index contributed by atoms with van der Waals surface area (Å²) in [5.41, 5.74) is 3.12. The Kier molecular flexibility index (Phi) is 2.89. The van der Waals surface area contributed by atoms with Crippen LogP contribution in [-0.4, -0.2) is 12.8 Å². The first kappa shape index (κ1) is 14.1. The van der Waals surface area contributed by atoms with Crippen molar-refractivity contribution in [2.45, 2.75) is 25.0 Å². The summed E-state index contributed by atoms with van der Waals surface area (Å²) >= 11 is 2.34. The molecule has 2 aromatic rings. The molecule has 0 amide bonds. The number of hydrogen-bond acceptors (Lipinski definition) is 2. The zero-order valence-corrected chi connectivity index (χ0v) is 15.1. The average molecular weight is 403 g/mol. The highest BCUT2D eigenvalue weighted by Gasteiger charge is 2.57. The van der Waals surface area contributed by atoms with Gasteiger partial charge in [-0.2, -0.15) is 0 Å². The van der Waals surface area contributed by atoms with Gasteiger partial charge in [0.1, 0.15) is 5.75 Å². The lowest BCUT2D eigenvalue weighted by atomic mass is 9.76. The molecule has 112 valence electrons. The van der Waals surface area contributed by atoms with Crippen molar-refractivity contribution in [3.63, 3.8) is 0 Å². The topological polar surface area (TPSA) is 12.5 Å². The SMILES string of the molecule is CN1c2ccccc2C(C)(C)C12C=Cc1cc(I)ccc1O2. The van der Waals surface area contributed by atoms with E-state index in [-0.39, 0.29) is 5.41 Å². The zero-order valence-electron chi connectivity index (χ0n) is 12.9. The Morgan fingerprint density at radius 3 is 2.64 bits per heavy atom. The van der Waals surface area contributed by atoms with Gasteiger partial charge in [-0.3, -0.25) is 0 Å². The maximum atomic E-state index is 6.58. The van der Waals surface area contributed by atoms with Gasteiger partial charge in [0.05, 0.1) is 5.41 Å². The van der Waals surface area contributed by atoms with Crippen LogP contribution in [0.3, 0.4) is 0 Å². The summed E-state index contributed by atoms with van der Waals surface area (Å²) < 4.78 is 7.81. The third kappa shape index (κ3) is 1.66. The van der Waals surface area contributed by atoms with Crippen molar-refractivity contribution in [3.05, 3.63) is 63.2 Å². The van der Waals surface area contributed by atoms with E-state index in [4.69, 9.17) is 4.74 Å². The van der Waals surface area contributed by atoms with Gasteiger partial charge in [-0.25, -0.2) is 0 Å². The largest absolute Gasteiger partial charge is 0.463 e. The number of rotatable bonds is 0. The zero-order chi connectivity index (χ0) is 15.5. The van der Waals surface area contributed by atoms with Crippen molar-refractivity contribution in [2.75, 3.05) is 11.9 Å². The van der Waals surface area contributed by atoms with Gasteiger partial charge in [0.25, 0.3) is 0 Å². The number of para-hydroxylation sites is 1. The molecule has 1 unspecified atom stereocenters. The molecule has 1 spiro atoms. The van der Waals surface area contributed by atoms with Crippen molar-refractivity contribution < 1.29 is 4.74 Å². The normalized spacial score (nSPS) is 24.1. The monoisotopic (exact) mass is 403 g/mol. The van der Waals surface area contributed by atoms with Crippen LogP contribution < -0.4 is 9.64 Å². The van der Waals surface area contributed by atoms with Gasteiger partial charge in [0.2, 0.25) is 5.72 Å². The number of nitrogens with zero attached hydrogens (tertiary/aromatic N) is 1. The average Bonchev–Trinajstić information content (AvgIpc) is 2.67. The Morgan fingerprint density at radius 2 is 1.86 bits per heavy atom. The quantitative estimate of drug-likeness (QED) is 0.585. The van der Waals surface area contributed by atoms with Gasteiger partial charge in [-0.1, -0.05) is 18.2 Å². The van der Waals surface area contributed by atoms with E-state index in [2.05, 4.69) is 103 Å². The van der Waals surface area contributed by atoms with Crippen LogP contribution in [0, 0.1) is 3.57 Å². The molecule has 3 heteroatoms. The fourth-order valence-corrected chi connectivity index (χ4v) is 4.26. The maximum Gasteiger partial charge on any atom is 0.211 e. The molecule has 0 saturated heterocycles. The van der Waals surface area contributed by atoms with Crippen LogP contribution in [-0.2, 0) is 5.41 Å². The predicted octanol–water partition coefficient (Wildman–Crippen LogP) is 4.82. The van der Waals surface area contributed by atoms with Gasteiger partial charge >= 0.3 is 0 Å². The molecule has 0 saturated carbocycles. The lowest BCUT2D eigenvalue weighted by molar-refractivity contribution is 0.0581. The van der Waals surface area contributed by atoms with Crippen molar-refractivity contribution in [3.8, 4) is 5.75 Å². The van der Waals surface area contributed by atoms with Crippen LogP contribution in [0.4, 0.5) is 5.69 Å². The molecule has 0 bridgehead atoms. The maximum absolute atomic E-state index is 6.58. The van der Waals surface area contributed by atoms with Crippen molar-refractivity contribution in [1.29, 1.82) is 0 Å². The Labute approximate surface area is 144 Å². The van der Waals surface area contributed by atoms with Crippen LogP contribution in [0.1, 0.15) is 25.0 Å². The minimum Gasteiger partial charge on any atom is -0.463 e. The molecular formula is C19H18INO. The van der Waals surface area contributed by atoms with Crippen LogP contribution in [0.25, 0.3) is 6.08 Å². The van der Waals surface area contributed by atoms with E-state index in [0.717, 1.165) is 11.3 Å². The molecule has 1 atom stereocenters. The lowest BCUT2D eigenvalue weighted by Crippen LogP contribution is -2.58. The Hall–Kier alpha value is -1.49. The molecule has 22 heavy (non-hydrogen) atoms. The number of benzene rings is 2. The van der Waals surface area contributed by atoms with Crippen molar-refractivity contribution >= 4 is 34.4 Å². The van der Waals surface area contributed by atoms with Gasteiger partial charge in [-0.05, 0) is 78.4 Å². The van der Waals surface area contributed by atoms with Crippen LogP contribution in [0.5, 0.6) is 5.75 Å². The van der Waals surface area contributed by atoms with E-state index in [1.54, 1.807) is 0 Å². The number of likely N-dealkylation sites (N-methyl/N-ethyl adjacent to an activating group) is 1. The number of hydrogen-bond donors (Lipinski definition) is 0. The lowest BCUT2D eigenvalue weighted by Gasteiger charge is -2.45. The van der Waals surface area contributed by atoms with E-state index in [0.29, 0.717) is 0 Å². The summed E-state index contributed by atoms with van der Waals surface area (Å²) in [6.45, 7) is 4.52. The van der Waals surface area contributed by atoms with E-state index in [9.17, 15) is 0 Å². The van der Waals surface area contributed by atoms with Crippen LogP contribution in [0.2, 0.25) is 0 Å². The van der Waals surface area contributed by atoms with Gasteiger partial charge in [-0.15, -0.1) is 0 Å². The molecule has 2 aliphatic heterocycles. The third-order valence-electron chi connectivity index (χ3n) is 5.06. The second kappa shape index (κ2) is 4.51. The fourth-order valence-electron chi connectivity index (χ4n) is 3.75. The summed E-state index contributed by atoms with van der Waals surface area (Å²) in [7, 11) is 2.12. The summed E-state index contributed by atoms with van der Waals surface area (Å²) in [6, 6.07) is 14.9. The molecule has 2 nitrogen and oxygen atoms in total.